The molecule has 8 heteroatoms. The molecule has 0 aliphatic carbocycles. The highest BCUT2D eigenvalue weighted by Gasteiger charge is 2.20. The first-order valence-corrected chi connectivity index (χ1v) is 8.49. The Morgan fingerprint density at radius 2 is 2.20 bits per heavy atom. The Morgan fingerprint density at radius 3 is 3.00 bits per heavy atom. The zero-order valence-electron chi connectivity index (χ0n) is 13.6. The molecule has 1 aliphatic heterocycles. The number of nitrogens with zero attached hydrogens (tertiary/aromatic N) is 1. The van der Waals surface area contributed by atoms with Crippen molar-refractivity contribution in [1.29, 1.82) is 0 Å². The van der Waals surface area contributed by atoms with Gasteiger partial charge in [0.2, 0.25) is 0 Å². The standard InChI is InChI=1S/C17H17FN2O4S/c1-23-16(21)15-5-4-13(25-15)9-19-17(22)20-6-7-24-14-8-12(18)3-2-11(14)10-20/h2-5,8H,6-7,9-10H2,1H3,(H,19,22). The first-order valence-electron chi connectivity index (χ1n) is 7.68. The van der Waals surface area contributed by atoms with Gasteiger partial charge < -0.3 is 19.7 Å². The van der Waals surface area contributed by atoms with Crippen molar-refractivity contribution < 1.29 is 23.5 Å². The van der Waals surface area contributed by atoms with Crippen LogP contribution < -0.4 is 10.1 Å². The molecule has 0 saturated heterocycles. The molecule has 2 heterocycles. The van der Waals surface area contributed by atoms with E-state index in [0.717, 1.165) is 10.4 Å². The molecule has 0 fully saturated rings. The van der Waals surface area contributed by atoms with Crippen LogP contribution in [0.4, 0.5) is 9.18 Å². The monoisotopic (exact) mass is 364 g/mol. The van der Waals surface area contributed by atoms with E-state index in [2.05, 4.69) is 10.1 Å². The highest BCUT2D eigenvalue weighted by molar-refractivity contribution is 7.13. The number of amides is 2. The lowest BCUT2D eigenvalue weighted by Gasteiger charge is -2.20. The highest BCUT2D eigenvalue weighted by atomic mass is 32.1. The van der Waals surface area contributed by atoms with Gasteiger partial charge in [0.25, 0.3) is 0 Å². The molecule has 0 unspecified atom stereocenters. The number of benzene rings is 1. The van der Waals surface area contributed by atoms with Gasteiger partial charge >= 0.3 is 12.0 Å². The maximum absolute atomic E-state index is 13.3. The number of methoxy groups -OCH3 is 1. The van der Waals surface area contributed by atoms with Gasteiger partial charge in [-0.15, -0.1) is 11.3 Å². The van der Waals surface area contributed by atoms with Gasteiger partial charge in [-0.25, -0.2) is 14.0 Å². The van der Waals surface area contributed by atoms with Crippen LogP contribution in [0.3, 0.4) is 0 Å². The lowest BCUT2D eigenvalue weighted by atomic mass is 10.2. The molecule has 0 spiro atoms. The second-order valence-corrected chi connectivity index (χ2v) is 6.61. The summed E-state index contributed by atoms with van der Waals surface area (Å²) in [5.74, 6) is -0.289. The van der Waals surface area contributed by atoms with E-state index in [1.165, 1.54) is 30.6 Å². The Balaban J connectivity index is 1.60. The summed E-state index contributed by atoms with van der Waals surface area (Å²) in [7, 11) is 1.33. The van der Waals surface area contributed by atoms with Crippen LogP contribution in [0.5, 0.6) is 5.75 Å². The number of urea groups is 1. The van der Waals surface area contributed by atoms with E-state index in [4.69, 9.17) is 4.74 Å². The third-order valence-corrected chi connectivity index (χ3v) is 4.82. The van der Waals surface area contributed by atoms with Crippen LogP contribution in [0.1, 0.15) is 20.1 Å². The van der Waals surface area contributed by atoms with Gasteiger partial charge in [0.15, 0.2) is 0 Å². The van der Waals surface area contributed by atoms with Gasteiger partial charge in [-0.1, -0.05) is 6.07 Å². The van der Waals surface area contributed by atoms with Crippen molar-refractivity contribution in [3.8, 4) is 5.75 Å². The van der Waals surface area contributed by atoms with E-state index < -0.39 is 5.97 Å². The molecular weight excluding hydrogens is 347 g/mol. The average molecular weight is 364 g/mol. The average Bonchev–Trinajstić information content (AvgIpc) is 2.99. The van der Waals surface area contributed by atoms with Crippen LogP contribution in [0.2, 0.25) is 0 Å². The molecular formula is C17H17FN2O4S. The Hall–Kier alpha value is -2.61. The lowest BCUT2D eigenvalue weighted by molar-refractivity contribution is 0.0606. The minimum Gasteiger partial charge on any atom is -0.491 e. The second kappa shape index (κ2) is 7.52. The Kier molecular flexibility index (Phi) is 5.18. The van der Waals surface area contributed by atoms with Crippen LogP contribution in [0.15, 0.2) is 30.3 Å². The van der Waals surface area contributed by atoms with Gasteiger partial charge in [0, 0.05) is 16.5 Å². The third kappa shape index (κ3) is 4.08. The van der Waals surface area contributed by atoms with Crippen molar-refractivity contribution in [2.75, 3.05) is 20.3 Å². The molecule has 0 saturated carbocycles. The fourth-order valence-electron chi connectivity index (χ4n) is 2.47. The normalized spacial score (nSPS) is 13.4. The fraction of sp³-hybridized carbons (Fsp3) is 0.294. The fourth-order valence-corrected chi connectivity index (χ4v) is 3.34. The zero-order valence-corrected chi connectivity index (χ0v) is 14.4. The van der Waals surface area contributed by atoms with Gasteiger partial charge in [-0.3, -0.25) is 0 Å². The van der Waals surface area contributed by atoms with E-state index in [9.17, 15) is 14.0 Å². The Labute approximate surface area is 148 Å². The molecule has 1 aliphatic rings. The molecule has 2 aromatic rings. The molecule has 1 N–H and O–H groups in total. The van der Waals surface area contributed by atoms with Crippen molar-refractivity contribution in [3.63, 3.8) is 0 Å². The van der Waals surface area contributed by atoms with Gasteiger partial charge in [-0.2, -0.15) is 0 Å². The molecule has 6 nitrogen and oxygen atoms in total. The maximum atomic E-state index is 13.3. The highest BCUT2D eigenvalue weighted by Crippen LogP contribution is 2.24. The topological polar surface area (TPSA) is 67.9 Å². The summed E-state index contributed by atoms with van der Waals surface area (Å²) in [4.78, 5) is 26.8. The van der Waals surface area contributed by atoms with E-state index in [1.54, 1.807) is 23.1 Å². The summed E-state index contributed by atoms with van der Waals surface area (Å²) in [6, 6.07) is 7.51. The van der Waals surface area contributed by atoms with Crippen molar-refractivity contribution in [3.05, 3.63) is 51.5 Å². The van der Waals surface area contributed by atoms with Crippen LogP contribution in [0.25, 0.3) is 0 Å². The molecule has 1 aromatic heterocycles. The predicted octanol–water partition coefficient (Wildman–Crippen LogP) is 2.78. The quantitative estimate of drug-likeness (QED) is 0.851. The zero-order chi connectivity index (χ0) is 17.8. The number of nitrogens with one attached hydrogen (secondary N) is 1. The predicted molar refractivity (Wildman–Crippen MR) is 90.2 cm³/mol. The van der Waals surface area contributed by atoms with E-state index >= 15 is 0 Å². The number of esters is 1. The van der Waals surface area contributed by atoms with Crippen LogP contribution >= 0.6 is 11.3 Å². The first kappa shape index (κ1) is 17.2. The molecule has 2 amide bonds. The van der Waals surface area contributed by atoms with E-state index in [1.807, 2.05) is 0 Å². The number of rotatable bonds is 3. The van der Waals surface area contributed by atoms with Crippen LogP contribution in [0, 0.1) is 5.82 Å². The number of ether oxygens (including phenoxy) is 2. The smallest absolute Gasteiger partial charge is 0.348 e. The molecule has 0 radical (unpaired) electrons. The lowest BCUT2D eigenvalue weighted by Crippen LogP contribution is -2.40. The summed E-state index contributed by atoms with van der Waals surface area (Å²) in [5, 5.41) is 2.82. The van der Waals surface area contributed by atoms with E-state index in [-0.39, 0.29) is 11.8 Å². The number of halogens is 1. The molecule has 0 bridgehead atoms. The molecule has 3 rings (SSSR count). The number of hydrogen-bond acceptors (Lipinski definition) is 5. The summed E-state index contributed by atoms with van der Waals surface area (Å²) >= 11 is 1.27. The molecule has 132 valence electrons. The van der Waals surface area contributed by atoms with Crippen molar-refractivity contribution in [1.82, 2.24) is 10.2 Å². The molecule has 0 atom stereocenters. The summed E-state index contributed by atoms with van der Waals surface area (Å²) in [5.41, 5.74) is 0.762. The third-order valence-electron chi connectivity index (χ3n) is 3.76. The van der Waals surface area contributed by atoms with Gasteiger partial charge in [0.1, 0.15) is 23.1 Å². The summed E-state index contributed by atoms with van der Waals surface area (Å²) < 4.78 is 23.4. The second-order valence-electron chi connectivity index (χ2n) is 5.44. The van der Waals surface area contributed by atoms with Crippen molar-refractivity contribution in [2.45, 2.75) is 13.1 Å². The van der Waals surface area contributed by atoms with E-state index in [0.29, 0.717) is 36.9 Å². The van der Waals surface area contributed by atoms with Crippen molar-refractivity contribution in [2.24, 2.45) is 0 Å². The minimum atomic E-state index is -0.393. The van der Waals surface area contributed by atoms with Crippen LogP contribution in [-0.2, 0) is 17.8 Å². The SMILES string of the molecule is COC(=O)c1ccc(CNC(=O)N2CCOc3cc(F)ccc3C2)s1. The summed E-state index contributed by atoms with van der Waals surface area (Å²) in [6.07, 6.45) is 0. The van der Waals surface area contributed by atoms with Gasteiger partial charge in [-0.05, 0) is 18.2 Å². The largest absolute Gasteiger partial charge is 0.491 e. The number of fused-ring (bicyclic) bond motifs is 1. The van der Waals surface area contributed by atoms with Gasteiger partial charge in [0.05, 0.1) is 26.7 Å². The number of carbonyl (C=O) groups is 2. The number of carbonyl (C=O) groups excluding carboxylic acids is 2. The molecule has 1 aromatic carbocycles. The Morgan fingerprint density at radius 1 is 1.36 bits per heavy atom. The van der Waals surface area contributed by atoms with Crippen molar-refractivity contribution >= 4 is 23.3 Å². The van der Waals surface area contributed by atoms with Crippen LogP contribution in [-0.4, -0.2) is 37.2 Å². The minimum absolute atomic E-state index is 0.242. The molecule has 25 heavy (non-hydrogen) atoms. The Bertz CT molecular complexity index is 793. The maximum Gasteiger partial charge on any atom is 0.348 e. The summed E-state index contributed by atoms with van der Waals surface area (Å²) in [6.45, 7) is 1.36. The first-order chi connectivity index (χ1) is 12.1. The number of hydrogen-bond donors (Lipinski definition) is 1. The number of thiophene rings is 1.